The van der Waals surface area contributed by atoms with E-state index in [2.05, 4.69) is 9.97 Å². The minimum Gasteiger partial charge on any atom is -0.497 e. The summed E-state index contributed by atoms with van der Waals surface area (Å²) < 4.78 is 22.4. The monoisotopic (exact) mass is 460 g/mol. The first-order valence-electron chi connectivity index (χ1n) is 11.0. The Kier molecular flexibility index (Phi) is 7.13. The number of nitrogens with zero attached hydrogens (tertiary/aromatic N) is 1. The van der Waals surface area contributed by atoms with Crippen LogP contribution in [0, 0.1) is 13.8 Å². The van der Waals surface area contributed by atoms with Gasteiger partial charge in [-0.2, -0.15) is 0 Å². The number of aryl methyl sites for hydroxylation is 2. The van der Waals surface area contributed by atoms with E-state index < -0.39 is 0 Å². The third-order valence-corrected chi connectivity index (χ3v) is 5.52. The van der Waals surface area contributed by atoms with Gasteiger partial charge in [0.15, 0.2) is 0 Å². The average molecular weight is 461 g/mol. The van der Waals surface area contributed by atoms with Crippen molar-refractivity contribution < 1.29 is 18.9 Å². The van der Waals surface area contributed by atoms with Crippen LogP contribution in [-0.4, -0.2) is 37.4 Å². The molecule has 4 rings (SSSR count). The Morgan fingerprint density at radius 3 is 2.32 bits per heavy atom. The summed E-state index contributed by atoms with van der Waals surface area (Å²) in [6.07, 6.45) is 0. The number of aromatic amines is 1. The summed E-state index contributed by atoms with van der Waals surface area (Å²) in [5.41, 5.74) is 4.05. The van der Waals surface area contributed by atoms with Crippen molar-refractivity contribution in [3.8, 4) is 28.6 Å². The van der Waals surface area contributed by atoms with Gasteiger partial charge in [-0.05, 0) is 42.7 Å². The zero-order chi connectivity index (χ0) is 24.1. The highest BCUT2D eigenvalue weighted by Gasteiger charge is 2.15. The number of nitrogens with one attached hydrogen (secondary N) is 1. The van der Waals surface area contributed by atoms with Crippen LogP contribution in [0.3, 0.4) is 0 Å². The van der Waals surface area contributed by atoms with Crippen molar-refractivity contribution in [2.45, 2.75) is 20.5 Å². The maximum Gasteiger partial charge on any atom is 0.262 e. The lowest BCUT2D eigenvalue weighted by Crippen LogP contribution is -2.11. The Hall–Kier alpha value is -3.84. The summed E-state index contributed by atoms with van der Waals surface area (Å²) in [5, 5.41) is 0.385. The van der Waals surface area contributed by atoms with Crippen molar-refractivity contribution in [1.82, 2.24) is 9.97 Å². The number of ether oxygens (including phenoxy) is 4. The van der Waals surface area contributed by atoms with Gasteiger partial charge in [0.1, 0.15) is 35.1 Å². The highest BCUT2D eigenvalue weighted by molar-refractivity contribution is 5.87. The van der Waals surface area contributed by atoms with E-state index in [9.17, 15) is 4.79 Å². The Bertz CT molecular complexity index is 1330. The molecular weight excluding hydrogens is 432 g/mol. The van der Waals surface area contributed by atoms with Gasteiger partial charge < -0.3 is 23.9 Å². The maximum atomic E-state index is 12.8. The lowest BCUT2D eigenvalue weighted by molar-refractivity contribution is 0.0885. The van der Waals surface area contributed by atoms with Gasteiger partial charge in [-0.25, -0.2) is 4.98 Å². The van der Waals surface area contributed by atoms with Gasteiger partial charge in [0, 0.05) is 17.7 Å². The minimum absolute atomic E-state index is 0.272. The smallest absolute Gasteiger partial charge is 0.262 e. The average Bonchev–Trinajstić information content (AvgIpc) is 2.84. The third kappa shape index (κ3) is 5.05. The number of rotatable bonds is 9. The molecule has 1 heterocycles. The second-order valence-corrected chi connectivity index (χ2v) is 7.96. The standard InChI is InChI=1S/C27H28N2O5/c1-17-12-20(13-18(2)25(17)34-11-10-33-16-19-8-6-5-7-9-19)26-28-22-14-21(31-3)15-23(32-4)24(22)27(30)29-26/h5-9,12-15H,10-11,16H2,1-4H3,(H,28,29,30). The molecule has 0 aliphatic carbocycles. The summed E-state index contributed by atoms with van der Waals surface area (Å²) in [4.78, 5) is 20.4. The van der Waals surface area contributed by atoms with Crippen LogP contribution in [0.4, 0.5) is 0 Å². The SMILES string of the molecule is COc1cc(OC)c2c(=O)[nH]c(-c3cc(C)c(OCCOCc4ccccc4)c(C)c3)nc2c1. The maximum absolute atomic E-state index is 12.8. The van der Waals surface area contributed by atoms with Gasteiger partial charge >= 0.3 is 0 Å². The largest absolute Gasteiger partial charge is 0.497 e. The molecule has 7 heteroatoms. The topological polar surface area (TPSA) is 82.7 Å². The molecule has 0 aliphatic rings. The molecule has 1 N–H and O–H groups in total. The van der Waals surface area contributed by atoms with Crippen LogP contribution in [0.15, 0.2) is 59.4 Å². The number of fused-ring (bicyclic) bond motifs is 1. The van der Waals surface area contributed by atoms with E-state index in [-0.39, 0.29) is 5.56 Å². The van der Waals surface area contributed by atoms with Crippen molar-refractivity contribution >= 4 is 10.9 Å². The molecule has 1 aromatic heterocycles. The normalized spacial score (nSPS) is 10.9. The van der Waals surface area contributed by atoms with E-state index in [1.54, 1.807) is 19.2 Å². The minimum atomic E-state index is -0.272. The van der Waals surface area contributed by atoms with Crippen LogP contribution in [0.1, 0.15) is 16.7 Å². The fourth-order valence-corrected chi connectivity index (χ4v) is 3.91. The molecule has 0 spiro atoms. The van der Waals surface area contributed by atoms with Gasteiger partial charge in [0.2, 0.25) is 0 Å². The zero-order valence-corrected chi connectivity index (χ0v) is 19.8. The van der Waals surface area contributed by atoms with Gasteiger partial charge in [-0.1, -0.05) is 30.3 Å². The first-order valence-corrected chi connectivity index (χ1v) is 11.0. The fraction of sp³-hybridized carbons (Fsp3) is 0.259. The molecule has 0 unspecified atom stereocenters. The van der Waals surface area contributed by atoms with Crippen LogP contribution >= 0.6 is 0 Å². The van der Waals surface area contributed by atoms with Crippen LogP contribution in [0.2, 0.25) is 0 Å². The van der Waals surface area contributed by atoms with Crippen LogP contribution in [0.25, 0.3) is 22.3 Å². The summed E-state index contributed by atoms with van der Waals surface area (Å²) >= 11 is 0. The number of methoxy groups -OCH3 is 2. The first-order chi connectivity index (χ1) is 16.5. The highest BCUT2D eigenvalue weighted by Crippen LogP contribution is 2.31. The molecule has 0 amide bonds. The van der Waals surface area contributed by atoms with Gasteiger partial charge in [-0.3, -0.25) is 4.79 Å². The quantitative estimate of drug-likeness (QED) is 0.361. The zero-order valence-electron chi connectivity index (χ0n) is 19.8. The summed E-state index contributed by atoms with van der Waals surface area (Å²) in [7, 11) is 3.08. The molecule has 0 radical (unpaired) electrons. The number of H-pyrrole nitrogens is 1. The van der Waals surface area contributed by atoms with Crippen LogP contribution in [0.5, 0.6) is 17.2 Å². The molecule has 0 aliphatic heterocycles. The molecule has 0 atom stereocenters. The number of aromatic nitrogens is 2. The molecule has 176 valence electrons. The predicted molar refractivity (Wildman–Crippen MR) is 132 cm³/mol. The van der Waals surface area contributed by atoms with Crippen molar-refractivity contribution in [3.63, 3.8) is 0 Å². The number of benzene rings is 3. The predicted octanol–water partition coefficient (Wildman–Crippen LogP) is 4.82. The molecule has 0 saturated heterocycles. The molecule has 4 aromatic rings. The lowest BCUT2D eigenvalue weighted by atomic mass is 10.0. The van der Waals surface area contributed by atoms with Crippen LogP contribution < -0.4 is 19.8 Å². The van der Waals surface area contributed by atoms with E-state index in [0.29, 0.717) is 48.0 Å². The van der Waals surface area contributed by atoms with Gasteiger partial charge in [-0.15, -0.1) is 0 Å². The van der Waals surface area contributed by atoms with E-state index in [4.69, 9.17) is 18.9 Å². The first kappa shape index (κ1) is 23.3. The third-order valence-electron chi connectivity index (χ3n) is 5.52. The van der Waals surface area contributed by atoms with Crippen molar-refractivity contribution in [3.05, 3.63) is 81.6 Å². The number of hydrogen-bond acceptors (Lipinski definition) is 6. The summed E-state index contributed by atoms with van der Waals surface area (Å²) in [5.74, 6) is 2.26. The molecule has 34 heavy (non-hydrogen) atoms. The van der Waals surface area contributed by atoms with E-state index in [1.807, 2.05) is 56.3 Å². The van der Waals surface area contributed by atoms with Gasteiger partial charge in [0.25, 0.3) is 5.56 Å². The molecular formula is C27H28N2O5. The Balaban J connectivity index is 1.52. The summed E-state index contributed by atoms with van der Waals surface area (Å²) in [6.45, 7) is 5.43. The van der Waals surface area contributed by atoms with Gasteiger partial charge in [0.05, 0.1) is 33.0 Å². The lowest BCUT2D eigenvalue weighted by Gasteiger charge is -2.15. The second-order valence-electron chi connectivity index (χ2n) is 7.96. The summed E-state index contributed by atoms with van der Waals surface area (Å²) in [6, 6.07) is 17.3. The number of hydrogen-bond donors (Lipinski definition) is 1. The molecule has 0 saturated carbocycles. The molecule has 7 nitrogen and oxygen atoms in total. The Labute approximate surface area is 198 Å². The van der Waals surface area contributed by atoms with Crippen molar-refractivity contribution in [2.75, 3.05) is 27.4 Å². The molecule has 3 aromatic carbocycles. The fourth-order valence-electron chi connectivity index (χ4n) is 3.91. The molecule has 0 fully saturated rings. The van der Waals surface area contributed by atoms with E-state index in [0.717, 1.165) is 28.0 Å². The van der Waals surface area contributed by atoms with Crippen molar-refractivity contribution in [2.24, 2.45) is 0 Å². The highest BCUT2D eigenvalue weighted by atomic mass is 16.5. The Morgan fingerprint density at radius 2 is 1.65 bits per heavy atom. The molecule has 0 bridgehead atoms. The van der Waals surface area contributed by atoms with Crippen molar-refractivity contribution in [1.29, 1.82) is 0 Å². The van der Waals surface area contributed by atoms with E-state index in [1.165, 1.54) is 7.11 Å². The Morgan fingerprint density at radius 1 is 0.912 bits per heavy atom. The van der Waals surface area contributed by atoms with E-state index >= 15 is 0 Å². The van der Waals surface area contributed by atoms with Crippen LogP contribution in [-0.2, 0) is 11.3 Å². The second kappa shape index (κ2) is 10.4.